The van der Waals surface area contributed by atoms with Gasteiger partial charge in [0.25, 0.3) is 0 Å². The molecule has 0 atom stereocenters. The second-order valence-electron chi connectivity index (χ2n) is 8.09. The van der Waals surface area contributed by atoms with Crippen molar-refractivity contribution in [3.05, 3.63) is 95.9 Å². The van der Waals surface area contributed by atoms with E-state index in [-0.39, 0.29) is 31.6 Å². The average Bonchev–Trinajstić information content (AvgIpc) is 3.18. The van der Waals surface area contributed by atoms with Crippen molar-refractivity contribution in [1.82, 2.24) is 4.98 Å². The predicted octanol–water partition coefficient (Wildman–Crippen LogP) is 7.67. The molecule has 0 saturated carbocycles. The summed E-state index contributed by atoms with van der Waals surface area (Å²) in [5.41, 5.74) is 4.84. The maximum absolute atomic E-state index is 10.0. The summed E-state index contributed by atoms with van der Waals surface area (Å²) >= 11 is 1.86. The van der Waals surface area contributed by atoms with Crippen molar-refractivity contribution in [3.63, 3.8) is 0 Å². The third kappa shape index (κ3) is 4.47. The molecule has 6 rings (SSSR count). The number of thiophene rings is 1. The van der Waals surface area contributed by atoms with Gasteiger partial charge < -0.3 is 10.1 Å². The zero-order chi connectivity index (χ0) is 22.9. The monoisotopic (exact) mass is 641 g/mol. The van der Waals surface area contributed by atoms with Gasteiger partial charge in [-0.05, 0) is 70.1 Å². The number of benzene rings is 3. The number of aromatic nitrogens is 1. The Morgan fingerprint density at radius 1 is 1.06 bits per heavy atom. The fourth-order valence-electron chi connectivity index (χ4n) is 4.46. The zero-order valence-electron chi connectivity index (χ0n) is 18.8. The van der Waals surface area contributed by atoms with E-state index < -0.39 is 0 Å². The van der Waals surface area contributed by atoms with Gasteiger partial charge >= 0.3 is 0 Å². The number of ketones is 1. The van der Waals surface area contributed by atoms with E-state index in [1.54, 1.807) is 0 Å². The summed E-state index contributed by atoms with van der Waals surface area (Å²) < 4.78 is 2.63. The van der Waals surface area contributed by atoms with Gasteiger partial charge in [-0.3, -0.25) is 4.79 Å². The van der Waals surface area contributed by atoms with Crippen molar-refractivity contribution in [2.75, 3.05) is 0 Å². The first-order valence-corrected chi connectivity index (χ1v) is 11.6. The van der Waals surface area contributed by atoms with Crippen LogP contribution in [0.5, 0.6) is 0 Å². The Morgan fingerprint density at radius 2 is 1.91 bits per heavy atom. The molecule has 0 saturated heterocycles. The number of aliphatic hydroxyl groups is 1. The SMILES string of the molecule is CC(=O)/C=C(/C)O.[Ir].[c-]1ccc2sc3cc4c5c(cccc5c3c2c1-c1ccccn1)CC=C4. The molecule has 0 unspecified atom stereocenters. The molecule has 171 valence electrons. The molecule has 34 heavy (non-hydrogen) atoms. The first kappa shape index (κ1) is 24.0. The van der Waals surface area contributed by atoms with E-state index in [1.165, 1.54) is 62.0 Å². The number of allylic oxidation sites excluding steroid dienone is 3. The molecule has 3 aromatic carbocycles. The quantitative estimate of drug-likeness (QED) is 0.122. The van der Waals surface area contributed by atoms with Crippen LogP contribution in [-0.2, 0) is 31.3 Å². The van der Waals surface area contributed by atoms with Gasteiger partial charge in [0.1, 0.15) is 0 Å². The van der Waals surface area contributed by atoms with Crippen LogP contribution in [0.1, 0.15) is 25.0 Å². The fraction of sp³-hybridized carbons (Fsp3) is 0.103. The first-order chi connectivity index (χ1) is 16.0. The van der Waals surface area contributed by atoms with Crippen LogP contribution in [0.4, 0.5) is 0 Å². The number of aliphatic hydroxyl groups excluding tert-OH is 1. The summed E-state index contributed by atoms with van der Waals surface area (Å²) in [6, 6.07) is 22.8. The van der Waals surface area contributed by atoms with Crippen LogP contribution < -0.4 is 0 Å². The molecular formula is C29H22IrNO2S-. The smallest absolute Gasteiger partial charge is 0.155 e. The second-order valence-corrected chi connectivity index (χ2v) is 9.17. The number of hydrogen-bond acceptors (Lipinski definition) is 4. The summed E-state index contributed by atoms with van der Waals surface area (Å²) in [5, 5.41) is 13.7. The van der Waals surface area contributed by atoms with Crippen molar-refractivity contribution < 1.29 is 30.0 Å². The van der Waals surface area contributed by atoms with Gasteiger partial charge in [0.05, 0.1) is 5.76 Å². The number of carbonyl (C=O) groups is 1. The second kappa shape index (κ2) is 10.0. The molecule has 0 amide bonds. The molecule has 1 aliphatic carbocycles. The summed E-state index contributed by atoms with van der Waals surface area (Å²) in [4.78, 5) is 14.6. The van der Waals surface area contributed by atoms with Crippen molar-refractivity contribution >= 4 is 54.1 Å². The third-order valence-electron chi connectivity index (χ3n) is 5.64. The fourth-order valence-corrected chi connectivity index (χ4v) is 5.64. The predicted molar refractivity (Wildman–Crippen MR) is 139 cm³/mol. The number of rotatable bonds is 2. The third-order valence-corrected chi connectivity index (χ3v) is 6.74. The summed E-state index contributed by atoms with van der Waals surface area (Å²) in [5.74, 6) is -0.0625. The van der Waals surface area contributed by atoms with Gasteiger partial charge in [0, 0.05) is 37.1 Å². The van der Waals surface area contributed by atoms with Gasteiger partial charge in [-0.2, -0.15) is 11.3 Å². The van der Waals surface area contributed by atoms with Crippen LogP contribution in [-0.4, -0.2) is 15.9 Å². The minimum atomic E-state index is -0.125. The Bertz CT molecular complexity index is 1580. The van der Waals surface area contributed by atoms with E-state index >= 15 is 0 Å². The normalized spacial score (nSPS) is 12.4. The van der Waals surface area contributed by atoms with Crippen LogP contribution >= 0.6 is 11.3 Å². The maximum atomic E-state index is 10.0. The number of fused-ring (bicyclic) bond motifs is 4. The van der Waals surface area contributed by atoms with Gasteiger partial charge in [0.2, 0.25) is 0 Å². The number of carbonyl (C=O) groups excluding carboxylic acids is 1. The summed E-state index contributed by atoms with van der Waals surface area (Å²) in [7, 11) is 0. The molecule has 3 nitrogen and oxygen atoms in total. The molecule has 2 heterocycles. The van der Waals surface area contributed by atoms with Crippen molar-refractivity contribution in [3.8, 4) is 11.3 Å². The van der Waals surface area contributed by atoms with Crippen LogP contribution in [0.3, 0.4) is 0 Å². The minimum absolute atomic E-state index is 0. The van der Waals surface area contributed by atoms with Crippen molar-refractivity contribution in [2.45, 2.75) is 20.3 Å². The Morgan fingerprint density at radius 3 is 2.62 bits per heavy atom. The van der Waals surface area contributed by atoms with Crippen LogP contribution in [0.2, 0.25) is 0 Å². The molecule has 1 N–H and O–H groups in total. The Balaban J connectivity index is 0.000000303. The molecule has 1 radical (unpaired) electrons. The topological polar surface area (TPSA) is 50.2 Å². The van der Waals surface area contributed by atoms with E-state index in [0.717, 1.165) is 17.7 Å². The molecule has 0 spiro atoms. The van der Waals surface area contributed by atoms with E-state index in [4.69, 9.17) is 5.11 Å². The standard InChI is InChI=1S/C24H14NS.C5H8O2.Ir/c1-2-13-25-19(11-1)17-9-5-12-20-23(17)24-18-10-4-7-15-6-3-8-16(22(15)18)14-21(24)26-20;1-4(6)3-5(2)7;/h1-5,7-8,10-14H,6H2;3,6H,1-2H3;/q-1;;/b;4-3-;. The molecule has 1 aliphatic rings. The van der Waals surface area contributed by atoms with Gasteiger partial charge in [-0.1, -0.05) is 47.9 Å². The van der Waals surface area contributed by atoms with Gasteiger partial charge in [-0.15, -0.1) is 23.8 Å². The molecule has 0 fully saturated rings. The Kier molecular flexibility index (Phi) is 7.08. The van der Waals surface area contributed by atoms with E-state index in [2.05, 4.69) is 59.6 Å². The van der Waals surface area contributed by atoms with Crippen LogP contribution in [0, 0.1) is 6.07 Å². The summed E-state index contributed by atoms with van der Waals surface area (Å²) in [6.45, 7) is 2.85. The van der Waals surface area contributed by atoms with E-state index in [0.29, 0.717) is 0 Å². The Labute approximate surface area is 215 Å². The molecule has 2 aromatic heterocycles. The molecule has 0 aliphatic heterocycles. The molecular weight excluding hydrogens is 619 g/mol. The maximum Gasteiger partial charge on any atom is 0.155 e. The van der Waals surface area contributed by atoms with Gasteiger partial charge in [0.15, 0.2) is 5.78 Å². The van der Waals surface area contributed by atoms with E-state index in [9.17, 15) is 4.79 Å². The number of pyridine rings is 1. The van der Waals surface area contributed by atoms with Crippen LogP contribution in [0.15, 0.2) is 78.7 Å². The van der Waals surface area contributed by atoms with Gasteiger partial charge in [-0.25, -0.2) is 0 Å². The summed E-state index contributed by atoms with van der Waals surface area (Å²) in [6.07, 6.45) is 8.57. The molecule has 5 heteroatoms. The zero-order valence-corrected chi connectivity index (χ0v) is 22.0. The number of hydrogen-bond donors (Lipinski definition) is 1. The average molecular weight is 641 g/mol. The Hall–Kier alpha value is -3.11. The number of nitrogens with zero attached hydrogens (tertiary/aromatic N) is 1. The van der Waals surface area contributed by atoms with Crippen LogP contribution in [0.25, 0.3) is 48.3 Å². The molecule has 0 bridgehead atoms. The van der Waals surface area contributed by atoms with E-state index in [1.807, 2.05) is 35.7 Å². The minimum Gasteiger partial charge on any atom is -0.512 e. The molecule has 5 aromatic rings. The first-order valence-electron chi connectivity index (χ1n) is 10.8. The largest absolute Gasteiger partial charge is 0.512 e. The van der Waals surface area contributed by atoms with Crippen molar-refractivity contribution in [2.24, 2.45) is 0 Å². The van der Waals surface area contributed by atoms with Crippen molar-refractivity contribution in [1.29, 1.82) is 0 Å².